The summed E-state index contributed by atoms with van der Waals surface area (Å²) in [5.74, 6) is 0.305. The lowest BCUT2D eigenvalue weighted by Gasteiger charge is -2.14. The first kappa shape index (κ1) is 13.9. The molecule has 1 aromatic rings. The Morgan fingerprint density at radius 2 is 2.00 bits per heavy atom. The number of halogens is 1. The van der Waals surface area contributed by atoms with Gasteiger partial charge in [0, 0.05) is 6.54 Å². The van der Waals surface area contributed by atoms with Crippen LogP contribution in [0.25, 0.3) is 0 Å². The summed E-state index contributed by atoms with van der Waals surface area (Å²) in [5, 5.41) is 12.7. The van der Waals surface area contributed by atoms with E-state index in [2.05, 4.69) is 19.2 Å². The minimum Gasteiger partial charge on any atom is -0.488 e. The molecule has 0 aromatic heterocycles. The molecule has 1 atom stereocenters. The molecule has 0 aliphatic heterocycles. The molecule has 96 valence electrons. The van der Waals surface area contributed by atoms with Crippen molar-refractivity contribution in [1.82, 2.24) is 5.32 Å². The third kappa shape index (κ3) is 5.65. The van der Waals surface area contributed by atoms with E-state index in [4.69, 9.17) is 4.74 Å². The predicted molar refractivity (Wildman–Crippen MR) is 65.6 cm³/mol. The molecule has 0 saturated carbocycles. The summed E-state index contributed by atoms with van der Waals surface area (Å²) < 4.78 is 18.4. The van der Waals surface area contributed by atoms with Crippen molar-refractivity contribution in [3.05, 3.63) is 30.1 Å². The number of para-hydroxylation sites is 1. The standard InChI is InChI=1S/C13H20FNO2/c1-10(2)7-15-8-11(16)9-17-13-6-4-3-5-12(13)14/h3-6,10-11,15-16H,7-9H2,1-2H3. The van der Waals surface area contributed by atoms with Crippen molar-refractivity contribution in [2.24, 2.45) is 5.92 Å². The van der Waals surface area contributed by atoms with Crippen molar-refractivity contribution >= 4 is 0 Å². The zero-order chi connectivity index (χ0) is 12.7. The Balaban J connectivity index is 2.24. The lowest BCUT2D eigenvalue weighted by atomic mass is 10.2. The van der Waals surface area contributed by atoms with Gasteiger partial charge in [-0.1, -0.05) is 26.0 Å². The van der Waals surface area contributed by atoms with E-state index in [1.807, 2.05) is 0 Å². The summed E-state index contributed by atoms with van der Waals surface area (Å²) in [5.41, 5.74) is 0. The van der Waals surface area contributed by atoms with Crippen molar-refractivity contribution in [2.45, 2.75) is 20.0 Å². The predicted octanol–water partition coefficient (Wildman–Crippen LogP) is 1.81. The SMILES string of the molecule is CC(C)CNCC(O)COc1ccccc1F. The fourth-order valence-corrected chi connectivity index (χ4v) is 1.35. The number of rotatable bonds is 7. The first-order valence-corrected chi connectivity index (χ1v) is 5.85. The lowest BCUT2D eigenvalue weighted by molar-refractivity contribution is 0.103. The van der Waals surface area contributed by atoms with Gasteiger partial charge in [-0.05, 0) is 24.6 Å². The zero-order valence-corrected chi connectivity index (χ0v) is 10.3. The highest BCUT2D eigenvalue weighted by molar-refractivity contribution is 5.23. The van der Waals surface area contributed by atoms with Crippen molar-refractivity contribution in [3.63, 3.8) is 0 Å². The van der Waals surface area contributed by atoms with Crippen molar-refractivity contribution in [3.8, 4) is 5.75 Å². The van der Waals surface area contributed by atoms with Crippen LogP contribution in [0, 0.1) is 11.7 Å². The molecule has 1 rings (SSSR count). The van der Waals surface area contributed by atoms with Gasteiger partial charge in [-0.25, -0.2) is 4.39 Å². The molecular formula is C13H20FNO2. The minimum absolute atomic E-state index is 0.0893. The van der Waals surface area contributed by atoms with Gasteiger partial charge < -0.3 is 15.2 Å². The average Bonchev–Trinajstić information content (AvgIpc) is 2.27. The van der Waals surface area contributed by atoms with Gasteiger partial charge in [-0.2, -0.15) is 0 Å². The van der Waals surface area contributed by atoms with E-state index in [-0.39, 0.29) is 12.4 Å². The molecule has 0 radical (unpaired) electrons. The van der Waals surface area contributed by atoms with Crippen molar-refractivity contribution in [2.75, 3.05) is 19.7 Å². The van der Waals surface area contributed by atoms with Crippen LogP contribution in [0.15, 0.2) is 24.3 Å². The molecule has 3 nitrogen and oxygen atoms in total. The fourth-order valence-electron chi connectivity index (χ4n) is 1.35. The molecule has 4 heteroatoms. The maximum absolute atomic E-state index is 13.2. The van der Waals surface area contributed by atoms with E-state index < -0.39 is 11.9 Å². The van der Waals surface area contributed by atoms with Gasteiger partial charge in [-0.3, -0.25) is 0 Å². The van der Waals surface area contributed by atoms with Crippen LogP contribution in [0.2, 0.25) is 0 Å². The molecule has 0 saturated heterocycles. The summed E-state index contributed by atoms with van der Waals surface area (Å²) >= 11 is 0. The minimum atomic E-state index is -0.631. The van der Waals surface area contributed by atoms with Crippen LogP contribution < -0.4 is 10.1 Å². The quantitative estimate of drug-likeness (QED) is 0.765. The van der Waals surface area contributed by atoms with Gasteiger partial charge in [0.1, 0.15) is 12.7 Å². The smallest absolute Gasteiger partial charge is 0.165 e. The van der Waals surface area contributed by atoms with E-state index in [0.717, 1.165) is 6.54 Å². The highest BCUT2D eigenvalue weighted by Gasteiger charge is 2.07. The second kappa shape index (κ2) is 7.25. The molecule has 0 aliphatic carbocycles. The van der Waals surface area contributed by atoms with E-state index in [0.29, 0.717) is 12.5 Å². The number of nitrogens with one attached hydrogen (secondary N) is 1. The van der Waals surface area contributed by atoms with Crippen LogP contribution in [-0.4, -0.2) is 30.9 Å². The third-order valence-electron chi connectivity index (χ3n) is 2.20. The second-order valence-electron chi connectivity index (χ2n) is 4.45. The Bertz CT molecular complexity index is 331. The number of aliphatic hydroxyl groups excluding tert-OH is 1. The Kier molecular flexibility index (Phi) is 5.94. The van der Waals surface area contributed by atoms with Crippen LogP contribution in [0.1, 0.15) is 13.8 Å². The summed E-state index contributed by atoms with van der Waals surface area (Å²) in [4.78, 5) is 0. The van der Waals surface area contributed by atoms with Crippen molar-refractivity contribution in [1.29, 1.82) is 0 Å². The third-order valence-corrected chi connectivity index (χ3v) is 2.20. The largest absolute Gasteiger partial charge is 0.488 e. The number of hydrogen-bond acceptors (Lipinski definition) is 3. The Morgan fingerprint density at radius 3 is 2.65 bits per heavy atom. The van der Waals surface area contributed by atoms with Crippen LogP contribution in [0.5, 0.6) is 5.75 Å². The van der Waals surface area contributed by atoms with Gasteiger partial charge in [0.15, 0.2) is 11.6 Å². The van der Waals surface area contributed by atoms with Crippen LogP contribution >= 0.6 is 0 Å². The number of hydrogen-bond donors (Lipinski definition) is 2. The van der Waals surface area contributed by atoms with E-state index in [1.165, 1.54) is 6.07 Å². The van der Waals surface area contributed by atoms with Crippen LogP contribution in [-0.2, 0) is 0 Å². The topological polar surface area (TPSA) is 41.5 Å². The molecule has 17 heavy (non-hydrogen) atoms. The Labute approximate surface area is 102 Å². The average molecular weight is 241 g/mol. The first-order chi connectivity index (χ1) is 8.09. The van der Waals surface area contributed by atoms with Crippen LogP contribution in [0.4, 0.5) is 4.39 Å². The Morgan fingerprint density at radius 1 is 1.29 bits per heavy atom. The Hall–Kier alpha value is -1.13. The van der Waals surface area contributed by atoms with Gasteiger partial charge in [0.2, 0.25) is 0 Å². The molecule has 0 amide bonds. The highest BCUT2D eigenvalue weighted by Crippen LogP contribution is 2.15. The molecule has 2 N–H and O–H groups in total. The lowest BCUT2D eigenvalue weighted by Crippen LogP contribution is -2.33. The molecular weight excluding hydrogens is 221 g/mol. The van der Waals surface area contributed by atoms with Crippen molar-refractivity contribution < 1.29 is 14.2 Å². The maximum atomic E-state index is 13.2. The first-order valence-electron chi connectivity index (χ1n) is 5.85. The summed E-state index contributed by atoms with van der Waals surface area (Å²) in [7, 11) is 0. The zero-order valence-electron chi connectivity index (χ0n) is 10.3. The molecule has 0 heterocycles. The molecule has 0 fully saturated rings. The van der Waals surface area contributed by atoms with Gasteiger partial charge in [-0.15, -0.1) is 0 Å². The maximum Gasteiger partial charge on any atom is 0.165 e. The van der Waals surface area contributed by atoms with E-state index >= 15 is 0 Å². The molecule has 0 aliphatic rings. The number of ether oxygens (including phenoxy) is 1. The summed E-state index contributed by atoms with van der Waals surface area (Å²) in [6, 6.07) is 6.17. The molecule has 1 unspecified atom stereocenters. The van der Waals surface area contributed by atoms with E-state index in [9.17, 15) is 9.50 Å². The van der Waals surface area contributed by atoms with Crippen LogP contribution in [0.3, 0.4) is 0 Å². The van der Waals surface area contributed by atoms with E-state index in [1.54, 1.807) is 18.2 Å². The highest BCUT2D eigenvalue weighted by atomic mass is 19.1. The monoisotopic (exact) mass is 241 g/mol. The number of benzene rings is 1. The molecule has 1 aromatic carbocycles. The molecule has 0 spiro atoms. The summed E-state index contributed by atoms with van der Waals surface area (Å²) in [6.45, 7) is 5.57. The van der Waals surface area contributed by atoms with Gasteiger partial charge in [0.05, 0.1) is 0 Å². The normalized spacial score (nSPS) is 12.8. The van der Waals surface area contributed by atoms with Gasteiger partial charge >= 0.3 is 0 Å². The summed E-state index contributed by atoms with van der Waals surface area (Å²) in [6.07, 6.45) is -0.631. The second-order valence-corrected chi connectivity index (χ2v) is 4.45. The fraction of sp³-hybridized carbons (Fsp3) is 0.538. The molecule has 0 bridgehead atoms. The van der Waals surface area contributed by atoms with Gasteiger partial charge in [0.25, 0.3) is 0 Å². The number of aliphatic hydroxyl groups is 1.